The molecule has 0 saturated heterocycles. The smallest absolute Gasteiger partial charge is 0.311 e. The minimum absolute atomic E-state index is 0.119. The van der Waals surface area contributed by atoms with Crippen molar-refractivity contribution in [2.24, 2.45) is 0 Å². The molecule has 0 radical (unpaired) electrons. The predicted octanol–water partition coefficient (Wildman–Crippen LogP) is 1.56. The third kappa shape index (κ3) is 5.08. The number of carbonyl (C=O) groups is 3. The van der Waals surface area contributed by atoms with Crippen molar-refractivity contribution in [1.29, 1.82) is 0 Å². The van der Waals surface area contributed by atoms with Crippen LogP contribution in [0.5, 0.6) is 0 Å². The van der Waals surface area contributed by atoms with Crippen molar-refractivity contribution >= 4 is 28.8 Å². The third-order valence-electron chi connectivity index (χ3n) is 3.05. The summed E-state index contributed by atoms with van der Waals surface area (Å²) >= 11 is 1.10. The van der Waals surface area contributed by atoms with Gasteiger partial charge in [0.2, 0.25) is 11.0 Å². The number of carboxylic acids is 1. The molecule has 102 valence electrons. The summed E-state index contributed by atoms with van der Waals surface area (Å²) in [5.41, 5.74) is 0. The molecular weight excluding hydrogens is 254 g/mol. The van der Waals surface area contributed by atoms with Gasteiger partial charge < -0.3 is 10.4 Å². The highest BCUT2D eigenvalue weighted by atomic mass is 32.2. The molecule has 0 spiro atoms. The summed E-state index contributed by atoms with van der Waals surface area (Å²) < 4.78 is -0.309. The van der Waals surface area contributed by atoms with E-state index in [1.165, 1.54) is 6.92 Å². The average molecular weight is 273 g/mol. The molecule has 2 N–H and O–H groups in total. The van der Waals surface area contributed by atoms with Crippen LogP contribution in [-0.4, -0.2) is 33.4 Å². The number of thioether (sulfide) groups is 1. The van der Waals surface area contributed by atoms with Gasteiger partial charge in [-0.25, -0.2) is 0 Å². The first kappa shape index (κ1) is 15.0. The topological polar surface area (TPSA) is 83.5 Å². The van der Waals surface area contributed by atoms with Gasteiger partial charge in [0.1, 0.15) is 6.42 Å². The first-order chi connectivity index (χ1) is 8.43. The molecule has 1 amide bonds. The quantitative estimate of drug-likeness (QED) is 0.743. The molecule has 0 aromatic carbocycles. The molecule has 0 aliphatic heterocycles. The van der Waals surface area contributed by atoms with Crippen LogP contribution in [0, 0.1) is 0 Å². The summed E-state index contributed by atoms with van der Waals surface area (Å²) in [5.74, 6) is -1.22. The highest BCUT2D eigenvalue weighted by Crippen LogP contribution is 2.40. The normalized spacial score (nSPS) is 18.1. The highest BCUT2D eigenvalue weighted by molar-refractivity contribution is 8.14. The van der Waals surface area contributed by atoms with E-state index in [0.717, 1.165) is 43.9 Å². The van der Waals surface area contributed by atoms with Crippen LogP contribution in [0.3, 0.4) is 0 Å². The largest absolute Gasteiger partial charge is 0.481 e. The molecule has 0 aromatic heterocycles. The van der Waals surface area contributed by atoms with Crippen molar-refractivity contribution < 1.29 is 19.5 Å². The van der Waals surface area contributed by atoms with Crippen LogP contribution in [0.4, 0.5) is 0 Å². The molecule has 0 bridgehead atoms. The van der Waals surface area contributed by atoms with Gasteiger partial charge >= 0.3 is 5.97 Å². The van der Waals surface area contributed by atoms with Crippen LogP contribution >= 0.6 is 11.8 Å². The number of carboxylic acid groups (broad SMARTS) is 1. The van der Waals surface area contributed by atoms with Gasteiger partial charge in [-0.05, 0) is 12.8 Å². The first-order valence-corrected chi connectivity index (χ1v) is 6.93. The number of amides is 1. The van der Waals surface area contributed by atoms with E-state index in [2.05, 4.69) is 5.32 Å². The Kier molecular flexibility index (Phi) is 5.65. The highest BCUT2D eigenvalue weighted by Gasteiger charge is 2.35. The third-order valence-corrected chi connectivity index (χ3v) is 4.41. The lowest BCUT2D eigenvalue weighted by molar-refractivity contribution is -0.138. The van der Waals surface area contributed by atoms with Crippen LogP contribution in [0.25, 0.3) is 0 Å². The molecule has 0 atom stereocenters. The Hall–Kier alpha value is -1.04. The Morgan fingerprint density at radius 2 is 1.83 bits per heavy atom. The summed E-state index contributed by atoms with van der Waals surface area (Å²) in [5, 5.41) is 11.0. The fourth-order valence-electron chi connectivity index (χ4n) is 2.20. The zero-order valence-electron chi connectivity index (χ0n) is 10.5. The SMILES string of the molecule is CC(=O)NCC1(SC(=O)CC(=O)O)CCCCC1. The molecule has 0 heterocycles. The van der Waals surface area contributed by atoms with Crippen molar-refractivity contribution in [3.8, 4) is 0 Å². The molecule has 0 aromatic rings. The van der Waals surface area contributed by atoms with Crippen molar-refractivity contribution in [2.75, 3.05) is 6.54 Å². The molecule has 1 aliphatic rings. The van der Waals surface area contributed by atoms with Crippen molar-refractivity contribution in [2.45, 2.75) is 50.2 Å². The molecule has 1 rings (SSSR count). The molecular formula is C12H19NO4S. The van der Waals surface area contributed by atoms with Gasteiger partial charge in [0.15, 0.2) is 0 Å². The Morgan fingerprint density at radius 1 is 1.22 bits per heavy atom. The van der Waals surface area contributed by atoms with Crippen molar-refractivity contribution in [3.05, 3.63) is 0 Å². The number of rotatable bonds is 5. The summed E-state index contributed by atoms with van der Waals surface area (Å²) in [7, 11) is 0. The predicted molar refractivity (Wildman–Crippen MR) is 69.4 cm³/mol. The summed E-state index contributed by atoms with van der Waals surface area (Å²) in [6.07, 6.45) is 4.43. The van der Waals surface area contributed by atoms with E-state index in [1.54, 1.807) is 0 Å². The Morgan fingerprint density at radius 3 is 2.33 bits per heavy atom. The zero-order valence-corrected chi connectivity index (χ0v) is 11.3. The van der Waals surface area contributed by atoms with Crippen LogP contribution in [0.1, 0.15) is 45.4 Å². The Bertz CT molecular complexity index is 337. The second kappa shape index (κ2) is 6.78. The van der Waals surface area contributed by atoms with E-state index in [4.69, 9.17) is 5.11 Å². The van der Waals surface area contributed by atoms with E-state index in [-0.39, 0.29) is 15.8 Å². The van der Waals surface area contributed by atoms with Crippen molar-refractivity contribution in [1.82, 2.24) is 5.32 Å². The van der Waals surface area contributed by atoms with Crippen LogP contribution < -0.4 is 5.32 Å². The minimum atomic E-state index is -1.10. The molecule has 1 aliphatic carbocycles. The first-order valence-electron chi connectivity index (χ1n) is 6.12. The molecule has 0 unspecified atom stereocenters. The number of nitrogens with one attached hydrogen (secondary N) is 1. The van der Waals surface area contributed by atoms with E-state index in [1.807, 2.05) is 0 Å². The fraction of sp³-hybridized carbons (Fsp3) is 0.750. The number of carbonyl (C=O) groups excluding carboxylic acids is 2. The zero-order chi connectivity index (χ0) is 13.6. The number of aliphatic carboxylic acids is 1. The number of hydrogen-bond acceptors (Lipinski definition) is 4. The van der Waals surface area contributed by atoms with E-state index in [9.17, 15) is 14.4 Å². The van der Waals surface area contributed by atoms with Gasteiger partial charge in [0.05, 0.1) is 0 Å². The average Bonchev–Trinajstić information content (AvgIpc) is 2.26. The van der Waals surface area contributed by atoms with Gasteiger partial charge in [-0.1, -0.05) is 31.0 Å². The minimum Gasteiger partial charge on any atom is -0.481 e. The maximum Gasteiger partial charge on any atom is 0.311 e. The maximum atomic E-state index is 11.6. The standard InChI is InChI=1S/C12H19NO4S/c1-9(14)13-8-12(5-3-2-4-6-12)18-11(17)7-10(15)16/h2-8H2,1H3,(H,13,14)(H,15,16). The number of hydrogen-bond donors (Lipinski definition) is 2. The van der Waals surface area contributed by atoms with E-state index >= 15 is 0 Å². The van der Waals surface area contributed by atoms with Gasteiger partial charge in [0.25, 0.3) is 0 Å². The second-order valence-electron chi connectivity index (χ2n) is 4.70. The van der Waals surface area contributed by atoms with Gasteiger partial charge in [-0.15, -0.1) is 0 Å². The Labute approximate surface area is 111 Å². The monoisotopic (exact) mass is 273 g/mol. The fourth-order valence-corrected chi connectivity index (χ4v) is 3.51. The van der Waals surface area contributed by atoms with E-state index < -0.39 is 12.4 Å². The second-order valence-corrected chi connectivity index (χ2v) is 6.22. The lowest BCUT2D eigenvalue weighted by Crippen LogP contribution is -2.42. The summed E-state index contributed by atoms with van der Waals surface area (Å²) in [4.78, 5) is 33.2. The van der Waals surface area contributed by atoms with Crippen molar-refractivity contribution in [3.63, 3.8) is 0 Å². The lowest BCUT2D eigenvalue weighted by atomic mass is 9.88. The maximum absolute atomic E-state index is 11.6. The molecule has 1 saturated carbocycles. The molecule has 18 heavy (non-hydrogen) atoms. The lowest BCUT2D eigenvalue weighted by Gasteiger charge is -2.35. The van der Waals surface area contributed by atoms with Crippen LogP contribution in [0.2, 0.25) is 0 Å². The Balaban J connectivity index is 2.61. The van der Waals surface area contributed by atoms with Gasteiger partial charge in [-0.2, -0.15) is 0 Å². The van der Waals surface area contributed by atoms with Crippen LogP contribution in [-0.2, 0) is 14.4 Å². The van der Waals surface area contributed by atoms with Gasteiger partial charge in [0, 0.05) is 18.2 Å². The summed E-state index contributed by atoms with van der Waals surface area (Å²) in [6, 6.07) is 0. The molecule has 5 nitrogen and oxygen atoms in total. The molecule has 1 fully saturated rings. The van der Waals surface area contributed by atoms with Crippen LogP contribution in [0.15, 0.2) is 0 Å². The summed E-state index contributed by atoms with van der Waals surface area (Å²) in [6.45, 7) is 1.89. The van der Waals surface area contributed by atoms with E-state index in [0.29, 0.717) is 6.54 Å². The molecule has 6 heteroatoms. The van der Waals surface area contributed by atoms with Gasteiger partial charge in [-0.3, -0.25) is 14.4 Å².